The zero-order valence-corrected chi connectivity index (χ0v) is 13.2. The molecule has 0 radical (unpaired) electrons. The third kappa shape index (κ3) is 3.22. The van der Waals surface area contributed by atoms with Gasteiger partial charge in [0.15, 0.2) is 0 Å². The molecule has 0 atom stereocenters. The second-order valence-electron chi connectivity index (χ2n) is 4.16. The van der Waals surface area contributed by atoms with Gasteiger partial charge < -0.3 is 14.0 Å². The molecule has 1 N–H and O–H groups in total. The van der Waals surface area contributed by atoms with Crippen LogP contribution in [-0.2, 0) is 17.1 Å². The minimum absolute atomic E-state index is 0.0253. The summed E-state index contributed by atoms with van der Waals surface area (Å²) in [6, 6.07) is 4.68. The Morgan fingerprint density at radius 3 is 2.19 bits per heavy atom. The van der Waals surface area contributed by atoms with Crippen molar-refractivity contribution in [2.24, 2.45) is 7.05 Å². The molecule has 1 aromatic heterocycles. The first-order valence-corrected chi connectivity index (χ1v) is 7.66. The molecule has 0 aliphatic carbocycles. The average molecular weight is 332 g/mol. The van der Waals surface area contributed by atoms with Crippen LogP contribution in [0.2, 0.25) is 5.15 Å². The number of halogens is 1. The summed E-state index contributed by atoms with van der Waals surface area (Å²) in [5.41, 5.74) is 0.285. The maximum Gasteiger partial charge on any atom is 0.282 e. The molecule has 0 unspecified atom stereocenters. The van der Waals surface area contributed by atoms with Crippen LogP contribution in [0.1, 0.15) is 0 Å². The van der Waals surface area contributed by atoms with Crippen LogP contribution in [-0.4, -0.2) is 32.2 Å². The second-order valence-corrected chi connectivity index (χ2v) is 6.11. The van der Waals surface area contributed by atoms with Gasteiger partial charge in [-0.15, -0.1) is 0 Å². The molecule has 0 aliphatic heterocycles. The third-order valence-electron chi connectivity index (χ3n) is 2.69. The lowest BCUT2D eigenvalue weighted by atomic mass is 10.3. The average Bonchev–Trinajstić information content (AvgIpc) is 2.78. The Kier molecular flexibility index (Phi) is 4.29. The Balaban J connectivity index is 2.39. The van der Waals surface area contributed by atoms with Gasteiger partial charge in [-0.1, -0.05) is 11.6 Å². The number of methoxy groups -OCH3 is 2. The summed E-state index contributed by atoms with van der Waals surface area (Å²) < 4.78 is 38.5. The normalized spacial score (nSPS) is 11.2. The van der Waals surface area contributed by atoms with Gasteiger partial charge in [-0.05, 0) is 0 Å². The molecule has 9 heteroatoms. The number of imidazole rings is 1. The highest BCUT2D eigenvalue weighted by molar-refractivity contribution is 7.92. The van der Waals surface area contributed by atoms with Crippen molar-refractivity contribution >= 4 is 27.3 Å². The maximum atomic E-state index is 12.3. The summed E-state index contributed by atoms with van der Waals surface area (Å²) in [4.78, 5) is 3.79. The van der Waals surface area contributed by atoms with E-state index in [9.17, 15) is 8.42 Å². The highest BCUT2D eigenvalue weighted by Crippen LogP contribution is 2.28. The van der Waals surface area contributed by atoms with Crippen molar-refractivity contribution < 1.29 is 17.9 Å². The van der Waals surface area contributed by atoms with E-state index in [1.54, 1.807) is 13.1 Å². The van der Waals surface area contributed by atoms with Gasteiger partial charge in [0.1, 0.15) is 16.7 Å². The number of nitrogens with one attached hydrogen (secondary N) is 1. The van der Waals surface area contributed by atoms with Crippen LogP contribution in [0.15, 0.2) is 29.6 Å². The number of ether oxygens (including phenoxy) is 2. The first kappa shape index (κ1) is 15.5. The smallest absolute Gasteiger partial charge is 0.282 e. The summed E-state index contributed by atoms with van der Waals surface area (Å²) in [5, 5.41) is -0.217. The molecule has 1 heterocycles. The van der Waals surface area contributed by atoms with Crippen molar-refractivity contribution in [2.75, 3.05) is 18.9 Å². The van der Waals surface area contributed by atoms with E-state index in [1.807, 2.05) is 0 Å². The van der Waals surface area contributed by atoms with Gasteiger partial charge >= 0.3 is 0 Å². The number of hydrogen-bond acceptors (Lipinski definition) is 5. The predicted octanol–water partition coefficient (Wildman–Crippen LogP) is 1.89. The summed E-state index contributed by atoms with van der Waals surface area (Å²) in [6.07, 6.45) is 1.32. The van der Waals surface area contributed by atoms with Crippen molar-refractivity contribution in [3.05, 3.63) is 29.7 Å². The first-order valence-electron chi connectivity index (χ1n) is 5.80. The van der Waals surface area contributed by atoms with E-state index in [2.05, 4.69) is 9.71 Å². The van der Waals surface area contributed by atoms with Gasteiger partial charge in [-0.25, -0.2) is 4.98 Å². The molecule has 0 spiro atoms. The quantitative estimate of drug-likeness (QED) is 0.904. The highest BCUT2D eigenvalue weighted by Gasteiger charge is 2.22. The summed E-state index contributed by atoms with van der Waals surface area (Å²) in [6.45, 7) is 0. The first-order chi connectivity index (χ1) is 9.87. The van der Waals surface area contributed by atoms with Gasteiger partial charge in [0, 0.05) is 25.2 Å². The lowest BCUT2D eigenvalue weighted by Crippen LogP contribution is -2.14. The van der Waals surface area contributed by atoms with Crippen molar-refractivity contribution in [3.63, 3.8) is 0 Å². The van der Waals surface area contributed by atoms with E-state index in [0.29, 0.717) is 11.5 Å². The van der Waals surface area contributed by atoms with Crippen LogP contribution < -0.4 is 14.2 Å². The van der Waals surface area contributed by atoms with Crippen LogP contribution in [0.5, 0.6) is 11.5 Å². The number of anilines is 1. The molecule has 0 amide bonds. The lowest BCUT2D eigenvalue weighted by Gasteiger charge is -2.10. The van der Waals surface area contributed by atoms with Crippen LogP contribution in [0, 0.1) is 0 Å². The van der Waals surface area contributed by atoms with Crippen LogP contribution in [0.25, 0.3) is 0 Å². The molecule has 0 fully saturated rings. The van der Waals surface area contributed by atoms with Crippen LogP contribution >= 0.6 is 11.6 Å². The zero-order valence-electron chi connectivity index (χ0n) is 11.6. The van der Waals surface area contributed by atoms with E-state index in [0.717, 1.165) is 0 Å². The fourth-order valence-corrected chi connectivity index (χ4v) is 3.12. The Bertz CT molecular complexity index is 736. The topological polar surface area (TPSA) is 82.5 Å². The van der Waals surface area contributed by atoms with E-state index in [-0.39, 0.29) is 15.9 Å². The van der Waals surface area contributed by atoms with E-state index < -0.39 is 10.0 Å². The number of benzene rings is 1. The van der Waals surface area contributed by atoms with Gasteiger partial charge in [-0.3, -0.25) is 4.72 Å². The molecular weight excluding hydrogens is 318 g/mol. The summed E-state index contributed by atoms with van der Waals surface area (Å²) in [7, 11) is 0.652. The third-order valence-corrected chi connectivity index (χ3v) is 4.56. The molecular formula is C12H14ClN3O4S. The SMILES string of the molecule is COc1cc(NS(=O)(=O)c2ncn(C)c2Cl)cc(OC)c1. The van der Waals surface area contributed by atoms with Gasteiger partial charge in [0.05, 0.1) is 26.2 Å². The largest absolute Gasteiger partial charge is 0.497 e. The number of sulfonamides is 1. The fraction of sp³-hybridized carbons (Fsp3) is 0.250. The van der Waals surface area contributed by atoms with Gasteiger partial charge in [0.2, 0.25) is 5.03 Å². The number of hydrogen-bond donors (Lipinski definition) is 1. The van der Waals surface area contributed by atoms with Crippen LogP contribution in [0.4, 0.5) is 5.69 Å². The zero-order chi connectivity index (χ0) is 15.6. The Labute approximate surface area is 127 Å². The van der Waals surface area contributed by atoms with E-state index >= 15 is 0 Å². The van der Waals surface area contributed by atoms with Gasteiger partial charge in [0.25, 0.3) is 10.0 Å². The second kappa shape index (κ2) is 5.82. The summed E-state index contributed by atoms with van der Waals surface area (Å²) >= 11 is 5.91. The molecule has 0 aliphatic rings. The van der Waals surface area contributed by atoms with Crippen molar-refractivity contribution in [1.82, 2.24) is 9.55 Å². The minimum atomic E-state index is -3.90. The summed E-state index contributed by atoms with van der Waals surface area (Å²) in [5.74, 6) is 0.915. The molecule has 2 aromatic rings. The molecule has 7 nitrogen and oxygen atoms in total. The standard InChI is InChI=1S/C12H14ClN3O4S/c1-16-7-14-12(11(16)13)21(17,18)15-8-4-9(19-2)6-10(5-8)20-3/h4-7,15H,1-3H3. The minimum Gasteiger partial charge on any atom is -0.497 e. The molecule has 1 aromatic carbocycles. The molecule has 2 rings (SSSR count). The fourth-order valence-electron chi connectivity index (χ4n) is 1.64. The monoisotopic (exact) mass is 331 g/mol. The molecule has 0 saturated carbocycles. The highest BCUT2D eigenvalue weighted by atomic mass is 35.5. The molecule has 114 valence electrons. The Morgan fingerprint density at radius 1 is 1.19 bits per heavy atom. The van der Waals surface area contributed by atoms with Crippen molar-refractivity contribution in [2.45, 2.75) is 5.03 Å². The number of aryl methyl sites for hydroxylation is 1. The number of rotatable bonds is 5. The van der Waals surface area contributed by atoms with E-state index in [1.165, 1.54) is 37.2 Å². The Hall–Kier alpha value is -1.93. The lowest BCUT2D eigenvalue weighted by molar-refractivity contribution is 0.395. The number of aromatic nitrogens is 2. The number of nitrogens with zero attached hydrogens (tertiary/aromatic N) is 2. The molecule has 0 bridgehead atoms. The van der Waals surface area contributed by atoms with Crippen molar-refractivity contribution in [1.29, 1.82) is 0 Å². The maximum absolute atomic E-state index is 12.3. The molecule has 0 saturated heterocycles. The predicted molar refractivity (Wildman–Crippen MR) is 78.6 cm³/mol. The molecule has 21 heavy (non-hydrogen) atoms. The van der Waals surface area contributed by atoms with Crippen molar-refractivity contribution in [3.8, 4) is 11.5 Å². The Morgan fingerprint density at radius 2 is 1.76 bits per heavy atom. The van der Waals surface area contributed by atoms with E-state index in [4.69, 9.17) is 21.1 Å². The van der Waals surface area contributed by atoms with Crippen LogP contribution in [0.3, 0.4) is 0 Å². The van der Waals surface area contributed by atoms with Gasteiger partial charge in [-0.2, -0.15) is 8.42 Å².